The van der Waals surface area contributed by atoms with Crippen molar-refractivity contribution in [3.05, 3.63) is 23.8 Å². The van der Waals surface area contributed by atoms with Gasteiger partial charge >= 0.3 is 0 Å². The van der Waals surface area contributed by atoms with E-state index in [0.29, 0.717) is 31.9 Å². The second kappa shape index (κ2) is 7.18. The summed E-state index contributed by atoms with van der Waals surface area (Å²) in [5.41, 5.74) is 1.85. The van der Waals surface area contributed by atoms with Crippen LogP contribution in [0.25, 0.3) is 0 Å². The maximum atomic E-state index is 12.3. The van der Waals surface area contributed by atoms with Crippen molar-refractivity contribution in [1.29, 1.82) is 0 Å². The van der Waals surface area contributed by atoms with Gasteiger partial charge < -0.3 is 15.0 Å². The molecule has 0 aromatic heterocycles. The normalized spacial score (nSPS) is 16.2. The average molecular weight is 341 g/mol. The SMILES string of the molecule is COc1ccc(C)cc1NCC(=O)N1CCN(S(C)(=O)=O)CC1. The van der Waals surface area contributed by atoms with Gasteiger partial charge in [0, 0.05) is 26.2 Å². The maximum absolute atomic E-state index is 12.3. The lowest BCUT2D eigenvalue weighted by atomic mass is 10.2. The molecule has 0 unspecified atom stereocenters. The predicted octanol–water partition coefficient (Wildman–Crippen LogP) is 0.519. The molecule has 1 amide bonds. The fourth-order valence-electron chi connectivity index (χ4n) is 2.51. The van der Waals surface area contributed by atoms with Gasteiger partial charge in [0.05, 0.1) is 25.6 Å². The second-order valence-electron chi connectivity index (χ2n) is 5.60. The molecule has 1 saturated heterocycles. The third kappa shape index (κ3) is 4.59. The number of aryl methyl sites for hydroxylation is 1. The standard InChI is InChI=1S/C15H23N3O4S/c1-12-4-5-14(22-2)13(10-12)16-11-15(19)17-6-8-18(9-7-17)23(3,20)21/h4-5,10,16H,6-9,11H2,1-3H3. The number of benzene rings is 1. The monoisotopic (exact) mass is 341 g/mol. The van der Waals surface area contributed by atoms with E-state index in [0.717, 1.165) is 11.3 Å². The molecule has 1 fully saturated rings. The van der Waals surface area contributed by atoms with Gasteiger partial charge in [-0.2, -0.15) is 4.31 Å². The first-order chi connectivity index (χ1) is 10.8. The van der Waals surface area contributed by atoms with Crippen molar-refractivity contribution < 1.29 is 17.9 Å². The summed E-state index contributed by atoms with van der Waals surface area (Å²) in [5, 5.41) is 3.10. The molecule has 1 heterocycles. The predicted molar refractivity (Wildman–Crippen MR) is 89.2 cm³/mol. The van der Waals surface area contributed by atoms with Gasteiger partial charge in [-0.15, -0.1) is 0 Å². The summed E-state index contributed by atoms with van der Waals surface area (Å²) in [6.45, 7) is 3.64. The molecule has 0 saturated carbocycles. The molecule has 2 rings (SSSR count). The zero-order chi connectivity index (χ0) is 17.0. The topological polar surface area (TPSA) is 79.0 Å². The summed E-state index contributed by atoms with van der Waals surface area (Å²) >= 11 is 0. The molecule has 0 spiro atoms. The second-order valence-corrected chi connectivity index (χ2v) is 7.58. The van der Waals surface area contributed by atoms with Crippen LogP contribution in [0.5, 0.6) is 5.75 Å². The van der Waals surface area contributed by atoms with Crippen molar-refractivity contribution in [3.8, 4) is 5.75 Å². The van der Waals surface area contributed by atoms with Crippen molar-refractivity contribution >= 4 is 21.6 Å². The first-order valence-electron chi connectivity index (χ1n) is 7.42. The molecule has 1 aliphatic heterocycles. The van der Waals surface area contributed by atoms with Crippen molar-refractivity contribution in [1.82, 2.24) is 9.21 Å². The van der Waals surface area contributed by atoms with E-state index in [1.54, 1.807) is 12.0 Å². The zero-order valence-electron chi connectivity index (χ0n) is 13.7. The summed E-state index contributed by atoms with van der Waals surface area (Å²) in [4.78, 5) is 13.9. The van der Waals surface area contributed by atoms with Gasteiger partial charge in [0.15, 0.2) is 0 Å². The number of anilines is 1. The number of ether oxygens (including phenoxy) is 1. The number of piperazine rings is 1. The van der Waals surface area contributed by atoms with Gasteiger partial charge in [-0.25, -0.2) is 8.42 Å². The average Bonchev–Trinajstić information content (AvgIpc) is 2.52. The number of sulfonamides is 1. The van der Waals surface area contributed by atoms with E-state index in [2.05, 4.69) is 5.32 Å². The van der Waals surface area contributed by atoms with Crippen LogP contribution in [0.4, 0.5) is 5.69 Å². The zero-order valence-corrected chi connectivity index (χ0v) is 14.5. The maximum Gasteiger partial charge on any atom is 0.241 e. The summed E-state index contributed by atoms with van der Waals surface area (Å²) in [7, 11) is -1.60. The molecule has 0 radical (unpaired) electrons. The highest BCUT2D eigenvalue weighted by Crippen LogP contribution is 2.24. The Balaban J connectivity index is 1.90. The Morgan fingerprint density at radius 1 is 1.26 bits per heavy atom. The first-order valence-corrected chi connectivity index (χ1v) is 9.27. The number of carbonyl (C=O) groups is 1. The molecule has 1 aromatic rings. The van der Waals surface area contributed by atoms with E-state index in [4.69, 9.17) is 4.74 Å². The van der Waals surface area contributed by atoms with Crippen molar-refractivity contribution in [2.45, 2.75) is 6.92 Å². The Labute approximate surface area is 137 Å². The van der Waals surface area contributed by atoms with E-state index in [9.17, 15) is 13.2 Å². The Morgan fingerprint density at radius 2 is 1.91 bits per heavy atom. The summed E-state index contributed by atoms with van der Waals surface area (Å²) in [6.07, 6.45) is 1.19. The minimum Gasteiger partial charge on any atom is -0.495 e. The number of carbonyl (C=O) groups excluding carboxylic acids is 1. The fraction of sp³-hybridized carbons (Fsp3) is 0.533. The van der Waals surface area contributed by atoms with Crippen LogP contribution >= 0.6 is 0 Å². The third-order valence-corrected chi connectivity index (χ3v) is 5.15. The van der Waals surface area contributed by atoms with E-state index in [-0.39, 0.29) is 12.5 Å². The van der Waals surface area contributed by atoms with Gasteiger partial charge in [0.25, 0.3) is 0 Å². The molecule has 1 aromatic carbocycles. The number of amides is 1. The minimum absolute atomic E-state index is 0.0540. The molecule has 23 heavy (non-hydrogen) atoms. The molecule has 0 bridgehead atoms. The van der Waals surface area contributed by atoms with Crippen LogP contribution in [0.2, 0.25) is 0 Å². The number of methoxy groups -OCH3 is 1. The molecular weight excluding hydrogens is 318 g/mol. The Morgan fingerprint density at radius 3 is 2.48 bits per heavy atom. The van der Waals surface area contributed by atoms with Crippen molar-refractivity contribution in [2.75, 3.05) is 51.4 Å². The highest BCUT2D eigenvalue weighted by atomic mass is 32.2. The van der Waals surface area contributed by atoms with Crippen LogP contribution < -0.4 is 10.1 Å². The summed E-state index contributed by atoms with van der Waals surface area (Å²) in [6, 6.07) is 5.72. The highest BCUT2D eigenvalue weighted by Gasteiger charge is 2.25. The van der Waals surface area contributed by atoms with Gasteiger partial charge in [0.1, 0.15) is 5.75 Å². The molecule has 1 N–H and O–H groups in total. The summed E-state index contributed by atoms with van der Waals surface area (Å²) in [5.74, 6) is 0.631. The van der Waals surface area contributed by atoms with E-state index >= 15 is 0 Å². The molecule has 128 valence electrons. The Kier molecular flexibility index (Phi) is 5.48. The van der Waals surface area contributed by atoms with Crippen LogP contribution in [-0.4, -0.2) is 69.6 Å². The largest absolute Gasteiger partial charge is 0.495 e. The van der Waals surface area contributed by atoms with Crippen LogP contribution in [0, 0.1) is 6.92 Å². The summed E-state index contributed by atoms with van der Waals surface area (Å²) < 4.78 is 29.6. The van der Waals surface area contributed by atoms with Gasteiger partial charge in [-0.3, -0.25) is 4.79 Å². The lowest BCUT2D eigenvalue weighted by Crippen LogP contribution is -2.51. The van der Waals surface area contributed by atoms with Crippen LogP contribution in [-0.2, 0) is 14.8 Å². The molecule has 0 atom stereocenters. The van der Waals surface area contributed by atoms with E-state index in [1.165, 1.54) is 10.6 Å². The first kappa shape index (κ1) is 17.6. The Hall–Kier alpha value is -1.80. The number of hydrogen-bond acceptors (Lipinski definition) is 5. The third-order valence-electron chi connectivity index (χ3n) is 3.85. The molecular formula is C15H23N3O4S. The number of nitrogens with one attached hydrogen (secondary N) is 1. The highest BCUT2D eigenvalue weighted by molar-refractivity contribution is 7.88. The van der Waals surface area contributed by atoms with Crippen LogP contribution in [0.15, 0.2) is 18.2 Å². The quantitative estimate of drug-likeness (QED) is 0.845. The molecule has 8 heteroatoms. The van der Waals surface area contributed by atoms with Crippen LogP contribution in [0.3, 0.4) is 0 Å². The van der Waals surface area contributed by atoms with Crippen molar-refractivity contribution in [3.63, 3.8) is 0 Å². The number of nitrogens with zero attached hydrogens (tertiary/aromatic N) is 2. The van der Waals surface area contributed by atoms with Gasteiger partial charge in [0.2, 0.25) is 15.9 Å². The molecule has 0 aliphatic carbocycles. The lowest BCUT2D eigenvalue weighted by Gasteiger charge is -2.33. The van der Waals surface area contributed by atoms with Crippen molar-refractivity contribution in [2.24, 2.45) is 0 Å². The van der Waals surface area contributed by atoms with Gasteiger partial charge in [-0.1, -0.05) is 6.07 Å². The number of hydrogen-bond donors (Lipinski definition) is 1. The fourth-order valence-corrected chi connectivity index (χ4v) is 3.34. The van der Waals surface area contributed by atoms with Crippen LogP contribution in [0.1, 0.15) is 5.56 Å². The smallest absolute Gasteiger partial charge is 0.241 e. The van der Waals surface area contributed by atoms with Gasteiger partial charge in [-0.05, 0) is 24.6 Å². The lowest BCUT2D eigenvalue weighted by molar-refractivity contribution is -0.130. The van der Waals surface area contributed by atoms with E-state index < -0.39 is 10.0 Å². The molecule has 1 aliphatic rings. The number of rotatable bonds is 5. The minimum atomic E-state index is -3.18. The molecule has 7 nitrogen and oxygen atoms in total. The van der Waals surface area contributed by atoms with E-state index in [1.807, 2.05) is 25.1 Å². The Bertz CT molecular complexity index is 667.